The van der Waals surface area contributed by atoms with E-state index in [1.165, 1.54) is 16.7 Å². The van der Waals surface area contributed by atoms with Crippen LogP contribution in [0.15, 0.2) is 54.7 Å². The third-order valence-electron chi connectivity index (χ3n) is 5.18. The molecule has 4 rings (SSSR count). The fourth-order valence-corrected chi connectivity index (χ4v) is 3.58. The molecular formula is C23H28N3O5S-. The molecule has 0 bridgehead atoms. The van der Waals surface area contributed by atoms with Crippen molar-refractivity contribution >= 4 is 11.3 Å². The lowest BCUT2D eigenvalue weighted by atomic mass is 10.0. The van der Waals surface area contributed by atoms with Crippen molar-refractivity contribution in [2.75, 3.05) is 20.8 Å². The molecule has 1 aromatic heterocycles. The lowest BCUT2D eigenvalue weighted by molar-refractivity contribution is 0.0464. The van der Waals surface area contributed by atoms with Crippen molar-refractivity contribution in [3.63, 3.8) is 0 Å². The van der Waals surface area contributed by atoms with Crippen LogP contribution >= 0.6 is 0 Å². The van der Waals surface area contributed by atoms with Gasteiger partial charge in [0.05, 0.1) is 19.9 Å². The quantitative estimate of drug-likeness (QED) is 0.545. The van der Waals surface area contributed by atoms with E-state index in [9.17, 15) is 0 Å². The highest BCUT2D eigenvalue weighted by Crippen LogP contribution is 2.26. The highest BCUT2D eigenvalue weighted by atomic mass is 32.2. The number of hydrogen-bond acceptors (Lipinski definition) is 6. The molecule has 2 unspecified atom stereocenters. The molecular weight excluding hydrogens is 430 g/mol. The topological polar surface area (TPSA) is 112 Å². The van der Waals surface area contributed by atoms with Gasteiger partial charge in [-0.15, -0.1) is 0 Å². The van der Waals surface area contributed by atoms with Crippen LogP contribution in [0.4, 0.5) is 0 Å². The Morgan fingerprint density at radius 1 is 1.06 bits per heavy atom. The molecule has 0 aliphatic carbocycles. The predicted octanol–water partition coefficient (Wildman–Crippen LogP) is 3.13. The molecule has 2 atom stereocenters. The Morgan fingerprint density at radius 3 is 2.06 bits per heavy atom. The minimum Gasteiger partial charge on any atom is -0.760 e. The van der Waals surface area contributed by atoms with Crippen molar-refractivity contribution in [1.29, 1.82) is 0 Å². The number of rotatable bonds is 7. The predicted molar refractivity (Wildman–Crippen MR) is 121 cm³/mol. The van der Waals surface area contributed by atoms with E-state index in [1.54, 1.807) is 14.2 Å². The standard InChI is InChI=1S/C23H26N2O3.H3NO2S/c1-26-20-9-5-17(6-10-20)14-19-16-25(23-4-3-13-28-23)24-22(19)15-18-7-11-21(27-2)12-8-18;1-4(2)3/h5-12,16,23H,3-4,13-15H2,1-2H3;1H2,(H,2,3)/p-1. The van der Waals surface area contributed by atoms with Crippen molar-refractivity contribution in [1.82, 2.24) is 9.78 Å². The first-order valence-corrected chi connectivity index (χ1v) is 11.4. The first kappa shape index (κ1) is 23.9. The van der Waals surface area contributed by atoms with E-state index in [4.69, 9.17) is 28.1 Å². The van der Waals surface area contributed by atoms with E-state index in [1.807, 2.05) is 28.9 Å². The fraction of sp³-hybridized carbons (Fsp3) is 0.348. The summed E-state index contributed by atoms with van der Waals surface area (Å²) in [6.45, 7) is 0.812. The van der Waals surface area contributed by atoms with Gasteiger partial charge in [0, 0.05) is 36.9 Å². The number of nitrogens with zero attached hydrogens (tertiary/aromatic N) is 2. The average Bonchev–Trinajstić information content (AvgIpc) is 3.45. The Hall–Kier alpha value is -2.72. The molecule has 8 nitrogen and oxygen atoms in total. The van der Waals surface area contributed by atoms with Gasteiger partial charge in [-0.1, -0.05) is 24.3 Å². The number of hydrogen-bond donors (Lipinski definition) is 1. The largest absolute Gasteiger partial charge is 0.760 e. The number of methoxy groups -OCH3 is 2. The summed E-state index contributed by atoms with van der Waals surface area (Å²) in [5.41, 5.74) is 4.78. The zero-order valence-electron chi connectivity index (χ0n) is 18.2. The molecule has 32 heavy (non-hydrogen) atoms. The van der Waals surface area contributed by atoms with Gasteiger partial charge in [-0.3, -0.25) is 9.35 Å². The molecule has 1 aliphatic heterocycles. The summed E-state index contributed by atoms with van der Waals surface area (Å²) in [6.07, 6.45) is 5.94. The van der Waals surface area contributed by atoms with E-state index in [-0.39, 0.29) is 6.23 Å². The molecule has 0 amide bonds. The van der Waals surface area contributed by atoms with Gasteiger partial charge in [0.1, 0.15) is 17.7 Å². The summed E-state index contributed by atoms with van der Waals surface area (Å²) in [5, 5.41) is 8.92. The van der Waals surface area contributed by atoms with Crippen molar-refractivity contribution < 1.29 is 23.0 Å². The molecule has 2 N–H and O–H groups in total. The maximum absolute atomic E-state index is 8.78. The molecule has 9 heteroatoms. The lowest BCUT2D eigenvalue weighted by Gasteiger charge is -2.09. The van der Waals surface area contributed by atoms with Gasteiger partial charge in [-0.2, -0.15) is 5.10 Å². The van der Waals surface area contributed by atoms with Gasteiger partial charge in [0.25, 0.3) is 0 Å². The maximum Gasteiger partial charge on any atom is 0.150 e. The summed E-state index contributed by atoms with van der Waals surface area (Å²) in [6, 6.07) is 16.4. The first-order chi connectivity index (χ1) is 15.5. The second-order valence-corrected chi connectivity index (χ2v) is 7.88. The fourth-order valence-electron chi connectivity index (χ4n) is 3.58. The monoisotopic (exact) mass is 458 g/mol. The number of benzene rings is 2. The summed E-state index contributed by atoms with van der Waals surface area (Å²) >= 11 is -2.36. The molecule has 1 aliphatic rings. The third-order valence-corrected chi connectivity index (χ3v) is 5.18. The van der Waals surface area contributed by atoms with Gasteiger partial charge < -0.3 is 18.8 Å². The Morgan fingerprint density at radius 2 is 1.59 bits per heavy atom. The Balaban J connectivity index is 0.000000668. The van der Waals surface area contributed by atoms with Gasteiger partial charge in [-0.05, 0) is 53.8 Å². The van der Waals surface area contributed by atoms with Crippen LogP contribution in [0.3, 0.4) is 0 Å². The lowest BCUT2D eigenvalue weighted by Crippen LogP contribution is -2.08. The molecule has 1 saturated heterocycles. The summed E-state index contributed by atoms with van der Waals surface area (Å²) in [5.74, 6) is 1.74. The first-order valence-electron chi connectivity index (χ1n) is 10.3. The van der Waals surface area contributed by atoms with Crippen molar-refractivity contribution in [2.24, 2.45) is 5.14 Å². The van der Waals surface area contributed by atoms with Gasteiger partial charge >= 0.3 is 0 Å². The van der Waals surface area contributed by atoms with Crippen molar-refractivity contribution in [2.45, 2.75) is 31.9 Å². The van der Waals surface area contributed by atoms with Crippen LogP contribution in [0.2, 0.25) is 0 Å². The average molecular weight is 459 g/mol. The summed E-state index contributed by atoms with van der Waals surface area (Å²) in [4.78, 5) is 0. The molecule has 3 aromatic rings. The summed E-state index contributed by atoms with van der Waals surface area (Å²) < 4.78 is 35.9. The highest BCUT2D eigenvalue weighted by Gasteiger charge is 2.20. The number of ether oxygens (including phenoxy) is 3. The second-order valence-electron chi connectivity index (χ2n) is 7.36. The highest BCUT2D eigenvalue weighted by molar-refractivity contribution is 7.76. The molecule has 0 spiro atoms. The molecule has 0 saturated carbocycles. The van der Waals surface area contributed by atoms with Crippen LogP contribution in [0.1, 0.15) is 41.5 Å². The summed E-state index contributed by atoms with van der Waals surface area (Å²) in [7, 11) is 3.37. The van der Waals surface area contributed by atoms with Crippen molar-refractivity contribution in [3.8, 4) is 11.5 Å². The Labute approximate surface area is 190 Å². The molecule has 1 fully saturated rings. The Kier molecular flexibility index (Phi) is 8.81. The Bertz CT molecular complexity index is 928. The number of nitrogens with two attached hydrogens (primary N) is 1. The second kappa shape index (κ2) is 11.8. The van der Waals surface area contributed by atoms with Crippen LogP contribution in [0.5, 0.6) is 11.5 Å². The number of aromatic nitrogens is 2. The molecule has 0 radical (unpaired) electrons. The van der Waals surface area contributed by atoms with Crippen molar-refractivity contribution in [3.05, 3.63) is 77.1 Å². The SMILES string of the molecule is COc1ccc(Cc2cn(C3CCCO3)nc2Cc2ccc(OC)cc2)cc1.NS(=O)[O-]. The zero-order valence-corrected chi connectivity index (χ0v) is 19.0. The van der Waals surface area contributed by atoms with Gasteiger partial charge in [0.15, 0.2) is 0 Å². The minimum atomic E-state index is -2.36. The van der Waals surface area contributed by atoms with E-state index in [2.05, 4.69) is 35.6 Å². The van der Waals surface area contributed by atoms with E-state index in [0.29, 0.717) is 0 Å². The van der Waals surface area contributed by atoms with E-state index < -0.39 is 11.3 Å². The van der Waals surface area contributed by atoms with E-state index in [0.717, 1.165) is 49.5 Å². The van der Waals surface area contributed by atoms with Crippen LogP contribution < -0.4 is 14.6 Å². The minimum absolute atomic E-state index is 0.0548. The van der Waals surface area contributed by atoms with Gasteiger partial charge in [0.2, 0.25) is 0 Å². The molecule has 172 valence electrons. The van der Waals surface area contributed by atoms with Gasteiger partial charge in [-0.25, -0.2) is 4.68 Å². The zero-order chi connectivity index (χ0) is 22.9. The molecule has 2 aromatic carbocycles. The van der Waals surface area contributed by atoms with Crippen LogP contribution in [-0.2, 0) is 28.8 Å². The molecule has 2 heterocycles. The third kappa shape index (κ3) is 6.89. The van der Waals surface area contributed by atoms with Crippen LogP contribution in [-0.4, -0.2) is 39.4 Å². The smallest absolute Gasteiger partial charge is 0.150 e. The maximum atomic E-state index is 8.78. The van der Waals surface area contributed by atoms with Crippen LogP contribution in [0, 0.1) is 0 Å². The van der Waals surface area contributed by atoms with E-state index >= 15 is 0 Å². The normalized spacial score (nSPS) is 16.2. The van der Waals surface area contributed by atoms with Crippen LogP contribution in [0.25, 0.3) is 0 Å².